The minimum Gasteiger partial charge on any atom is -0.340 e. The Morgan fingerprint density at radius 3 is 2.37 bits per heavy atom. The Balaban J connectivity index is 2.60. The van der Waals surface area contributed by atoms with Crippen LogP contribution in [0.2, 0.25) is 0 Å². The smallest absolute Gasteiger partial charge is 0.225 e. The van der Waals surface area contributed by atoms with Crippen molar-refractivity contribution < 1.29 is 0 Å². The molecule has 1 rings (SSSR count). The summed E-state index contributed by atoms with van der Waals surface area (Å²) in [7, 11) is 2.04. The van der Waals surface area contributed by atoms with Gasteiger partial charge in [0, 0.05) is 48.9 Å². The number of nitrogens with zero attached hydrogens (tertiary/aromatic N) is 3. The molecular weight excluding hydrogens is 256 g/mol. The first-order valence-corrected chi connectivity index (χ1v) is 8.00. The molecule has 0 aliphatic rings. The van der Waals surface area contributed by atoms with Gasteiger partial charge in [-0.1, -0.05) is 0 Å². The molecule has 1 unspecified atom stereocenters. The first-order chi connectivity index (χ1) is 8.83. The summed E-state index contributed by atoms with van der Waals surface area (Å²) in [5.41, 5.74) is 1.23. The van der Waals surface area contributed by atoms with Gasteiger partial charge in [0.2, 0.25) is 5.95 Å². The lowest BCUT2D eigenvalue weighted by Gasteiger charge is -2.24. The highest BCUT2D eigenvalue weighted by atomic mass is 32.2. The van der Waals surface area contributed by atoms with Crippen LogP contribution < -0.4 is 10.2 Å². The number of aromatic nitrogens is 2. The van der Waals surface area contributed by atoms with Crippen molar-refractivity contribution in [1.29, 1.82) is 0 Å². The van der Waals surface area contributed by atoms with Crippen LogP contribution in [0.4, 0.5) is 5.95 Å². The fourth-order valence-corrected chi connectivity index (χ4v) is 2.24. The molecule has 1 atom stereocenters. The second-order valence-electron chi connectivity index (χ2n) is 5.91. The van der Waals surface area contributed by atoms with Crippen LogP contribution in [0.25, 0.3) is 0 Å². The predicted molar refractivity (Wildman–Crippen MR) is 84.9 cm³/mol. The third-order valence-corrected chi connectivity index (χ3v) is 3.71. The molecule has 1 aromatic rings. The van der Waals surface area contributed by atoms with Gasteiger partial charge in [0.05, 0.1) is 0 Å². The minimum atomic E-state index is 0.113. The number of nitrogens with one attached hydrogen (secondary N) is 1. The van der Waals surface area contributed by atoms with Crippen molar-refractivity contribution in [2.45, 2.75) is 45.8 Å². The number of hydrogen-bond donors (Lipinski definition) is 1. The lowest BCUT2D eigenvalue weighted by atomic mass is 10.1. The quantitative estimate of drug-likeness (QED) is 0.868. The maximum absolute atomic E-state index is 4.45. The van der Waals surface area contributed by atoms with E-state index in [-0.39, 0.29) is 5.54 Å². The molecule has 1 aromatic heterocycles. The molecule has 0 bridgehead atoms. The van der Waals surface area contributed by atoms with Crippen LogP contribution in [0, 0.1) is 0 Å². The number of hydrogen-bond acceptors (Lipinski definition) is 5. The fraction of sp³-hybridized carbons (Fsp3) is 0.714. The van der Waals surface area contributed by atoms with Crippen LogP contribution in [0.5, 0.6) is 0 Å². The van der Waals surface area contributed by atoms with Gasteiger partial charge in [-0.05, 0) is 34.0 Å². The molecule has 4 nitrogen and oxygen atoms in total. The van der Waals surface area contributed by atoms with Crippen molar-refractivity contribution >= 4 is 17.7 Å². The van der Waals surface area contributed by atoms with E-state index in [4.69, 9.17) is 0 Å². The fourth-order valence-electron chi connectivity index (χ4n) is 1.54. The second kappa shape index (κ2) is 7.10. The molecule has 0 radical (unpaired) electrons. The Bertz CT molecular complexity index is 372. The highest BCUT2D eigenvalue weighted by Gasteiger charge is 2.12. The standard InChI is InChI=1S/C14H26N4S/c1-11(10-19-6)18(5)13-15-7-12(8-16-13)9-17-14(2,3)4/h7-8,11,17H,9-10H2,1-6H3. The first kappa shape index (κ1) is 16.2. The molecule has 0 aliphatic heterocycles. The van der Waals surface area contributed by atoms with E-state index in [1.165, 1.54) is 0 Å². The summed E-state index contributed by atoms with van der Waals surface area (Å²) in [6, 6.07) is 0.438. The highest BCUT2D eigenvalue weighted by Crippen LogP contribution is 2.12. The molecule has 1 N–H and O–H groups in total. The maximum atomic E-state index is 4.45. The topological polar surface area (TPSA) is 41.1 Å². The maximum Gasteiger partial charge on any atom is 0.225 e. The summed E-state index contributed by atoms with van der Waals surface area (Å²) in [5, 5.41) is 3.43. The van der Waals surface area contributed by atoms with E-state index < -0.39 is 0 Å². The summed E-state index contributed by atoms with van der Waals surface area (Å²) >= 11 is 1.84. The molecule has 0 saturated carbocycles. The third kappa shape index (κ3) is 5.78. The van der Waals surface area contributed by atoms with Gasteiger partial charge in [-0.3, -0.25) is 0 Å². The van der Waals surface area contributed by atoms with Gasteiger partial charge in [-0.25, -0.2) is 9.97 Å². The normalized spacial score (nSPS) is 13.4. The zero-order valence-electron chi connectivity index (χ0n) is 12.9. The van der Waals surface area contributed by atoms with Gasteiger partial charge < -0.3 is 10.2 Å². The van der Waals surface area contributed by atoms with Crippen molar-refractivity contribution in [1.82, 2.24) is 15.3 Å². The van der Waals surface area contributed by atoms with E-state index in [9.17, 15) is 0 Å². The molecule has 0 amide bonds. The Labute approximate surface area is 121 Å². The van der Waals surface area contributed by atoms with Gasteiger partial charge in [0.25, 0.3) is 0 Å². The van der Waals surface area contributed by atoms with Gasteiger partial charge >= 0.3 is 0 Å². The van der Waals surface area contributed by atoms with Crippen LogP contribution in [-0.2, 0) is 6.54 Å². The molecule has 0 saturated heterocycles. The van der Waals surface area contributed by atoms with E-state index in [1.807, 2.05) is 31.2 Å². The molecule has 5 heteroatoms. The molecule has 108 valence electrons. The lowest BCUT2D eigenvalue weighted by molar-refractivity contribution is 0.423. The van der Waals surface area contributed by atoms with Crippen molar-refractivity contribution in [2.75, 3.05) is 24.0 Å². The number of anilines is 1. The summed E-state index contributed by atoms with van der Waals surface area (Å²) in [6.45, 7) is 9.45. The summed E-state index contributed by atoms with van der Waals surface area (Å²) < 4.78 is 0. The number of rotatable bonds is 6. The molecule has 0 fully saturated rings. The van der Waals surface area contributed by atoms with E-state index in [1.54, 1.807) is 0 Å². The lowest BCUT2D eigenvalue weighted by Crippen LogP contribution is -2.35. The van der Waals surface area contributed by atoms with Crippen LogP contribution in [0.15, 0.2) is 12.4 Å². The van der Waals surface area contributed by atoms with Crippen LogP contribution >= 0.6 is 11.8 Å². The SMILES string of the molecule is CSCC(C)N(C)c1ncc(CNC(C)(C)C)cn1. The average Bonchev–Trinajstić information content (AvgIpc) is 2.35. The zero-order valence-corrected chi connectivity index (χ0v) is 13.7. The van der Waals surface area contributed by atoms with Crippen LogP contribution in [0.3, 0.4) is 0 Å². The highest BCUT2D eigenvalue weighted by molar-refractivity contribution is 7.98. The van der Waals surface area contributed by atoms with Gasteiger partial charge in [-0.2, -0.15) is 11.8 Å². The van der Waals surface area contributed by atoms with Crippen molar-refractivity contribution in [3.05, 3.63) is 18.0 Å². The summed E-state index contributed by atoms with van der Waals surface area (Å²) in [6.07, 6.45) is 5.93. The third-order valence-electron chi connectivity index (χ3n) is 2.90. The van der Waals surface area contributed by atoms with Crippen molar-refractivity contribution in [2.24, 2.45) is 0 Å². The largest absolute Gasteiger partial charge is 0.340 e. The first-order valence-electron chi connectivity index (χ1n) is 6.61. The molecule has 0 aliphatic carbocycles. The predicted octanol–water partition coefficient (Wildman–Crippen LogP) is 2.55. The van der Waals surface area contributed by atoms with Crippen molar-refractivity contribution in [3.8, 4) is 0 Å². The summed E-state index contributed by atoms with van der Waals surface area (Å²) in [5.74, 6) is 1.87. The molecule has 19 heavy (non-hydrogen) atoms. The summed E-state index contributed by atoms with van der Waals surface area (Å²) in [4.78, 5) is 11.0. The molecular formula is C14H26N4S. The monoisotopic (exact) mass is 282 g/mol. The van der Waals surface area contributed by atoms with E-state index in [2.05, 4.69) is 54.1 Å². The van der Waals surface area contributed by atoms with Crippen molar-refractivity contribution in [3.63, 3.8) is 0 Å². The Kier molecular flexibility index (Phi) is 6.07. The van der Waals surface area contributed by atoms with Crippen LogP contribution in [0.1, 0.15) is 33.3 Å². The van der Waals surface area contributed by atoms with Gasteiger partial charge in [-0.15, -0.1) is 0 Å². The van der Waals surface area contributed by atoms with E-state index in [0.717, 1.165) is 23.8 Å². The zero-order chi connectivity index (χ0) is 14.5. The molecule has 1 heterocycles. The average molecular weight is 282 g/mol. The van der Waals surface area contributed by atoms with Crippen LogP contribution in [-0.4, -0.2) is 40.6 Å². The second-order valence-corrected chi connectivity index (χ2v) is 6.82. The minimum absolute atomic E-state index is 0.113. The Morgan fingerprint density at radius 1 is 1.32 bits per heavy atom. The van der Waals surface area contributed by atoms with E-state index in [0.29, 0.717) is 6.04 Å². The van der Waals surface area contributed by atoms with E-state index >= 15 is 0 Å². The molecule has 0 spiro atoms. The van der Waals surface area contributed by atoms with Gasteiger partial charge in [0.1, 0.15) is 0 Å². The number of thioether (sulfide) groups is 1. The molecule has 0 aromatic carbocycles. The van der Waals surface area contributed by atoms with Gasteiger partial charge in [0.15, 0.2) is 0 Å². The Hall–Kier alpha value is -0.810. The Morgan fingerprint density at radius 2 is 1.89 bits per heavy atom.